The molecule has 0 bridgehead atoms. The minimum absolute atomic E-state index is 0.0627. The molecule has 5 nitrogen and oxygen atoms in total. The van der Waals surface area contributed by atoms with Crippen molar-refractivity contribution in [1.29, 1.82) is 5.26 Å². The van der Waals surface area contributed by atoms with Gasteiger partial charge in [0, 0.05) is 18.1 Å². The summed E-state index contributed by atoms with van der Waals surface area (Å²) in [5.41, 5.74) is 10.0. The average molecular weight is 181 g/mol. The van der Waals surface area contributed by atoms with Gasteiger partial charge in [-0.25, -0.2) is 0 Å². The van der Waals surface area contributed by atoms with Crippen molar-refractivity contribution in [2.75, 3.05) is 0 Å². The molecule has 0 rings (SSSR count). The summed E-state index contributed by atoms with van der Waals surface area (Å²) in [6, 6.07) is 2.08. The maximum atomic E-state index is 8.38. The Hall–Kier alpha value is -1.57. The van der Waals surface area contributed by atoms with E-state index in [2.05, 4.69) is 16.3 Å². The topological polar surface area (TPSA) is 101 Å². The van der Waals surface area contributed by atoms with Crippen LogP contribution < -0.4 is 11.5 Å². The summed E-state index contributed by atoms with van der Waals surface area (Å²) in [6.45, 7) is 3.94. The molecule has 0 aromatic carbocycles. The van der Waals surface area contributed by atoms with Crippen LogP contribution >= 0.6 is 0 Å². The molecule has 0 fully saturated rings. The Kier molecular flexibility index (Phi) is 4.52. The van der Waals surface area contributed by atoms with Gasteiger partial charge in [0.2, 0.25) is 5.96 Å². The summed E-state index contributed by atoms with van der Waals surface area (Å²) in [5, 5.41) is 15.6. The molecule has 0 aromatic heterocycles. The highest BCUT2D eigenvalue weighted by Gasteiger charge is 2.13. The van der Waals surface area contributed by atoms with E-state index in [1.807, 2.05) is 13.8 Å². The first-order chi connectivity index (χ1) is 5.98. The largest absolute Gasteiger partial charge is 0.369 e. The molecule has 0 spiro atoms. The molecule has 0 aromatic rings. The van der Waals surface area contributed by atoms with Gasteiger partial charge in [0.25, 0.3) is 0 Å². The molecule has 0 heterocycles. The summed E-state index contributed by atoms with van der Waals surface area (Å²) < 4.78 is 0. The van der Waals surface area contributed by atoms with Crippen molar-refractivity contribution in [1.82, 2.24) is 0 Å². The lowest BCUT2D eigenvalue weighted by atomic mass is 9.90. The highest BCUT2D eigenvalue weighted by molar-refractivity contribution is 5.76. The molecule has 0 saturated heterocycles. The van der Waals surface area contributed by atoms with Crippen molar-refractivity contribution in [3.8, 4) is 6.07 Å². The van der Waals surface area contributed by atoms with Gasteiger partial charge in [0.05, 0.1) is 6.07 Å². The van der Waals surface area contributed by atoms with Crippen LogP contribution in [0.4, 0.5) is 0 Å². The van der Waals surface area contributed by atoms with E-state index < -0.39 is 0 Å². The van der Waals surface area contributed by atoms with Crippen molar-refractivity contribution in [2.24, 2.45) is 27.1 Å². The van der Waals surface area contributed by atoms with Crippen molar-refractivity contribution >= 4 is 12.2 Å². The second-order valence-electron chi connectivity index (χ2n) is 3.42. The molecule has 0 unspecified atom stereocenters. The zero-order valence-electron chi connectivity index (χ0n) is 7.99. The van der Waals surface area contributed by atoms with Crippen LogP contribution in [0, 0.1) is 16.7 Å². The Bertz CT molecular complexity index is 242. The Balaban J connectivity index is 4.09. The minimum atomic E-state index is -0.144. The molecule has 0 aliphatic rings. The molecule has 5 heteroatoms. The van der Waals surface area contributed by atoms with E-state index in [4.69, 9.17) is 16.7 Å². The minimum Gasteiger partial charge on any atom is -0.369 e. The lowest BCUT2D eigenvalue weighted by Crippen LogP contribution is -2.22. The zero-order valence-corrected chi connectivity index (χ0v) is 7.99. The third kappa shape index (κ3) is 6.81. The van der Waals surface area contributed by atoms with Crippen molar-refractivity contribution in [3.63, 3.8) is 0 Å². The van der Waals surface area contributed by atoms with Gasteiger partial charge in [0.15, 0.2) is 0 Å². The normalized spacial score (nSPS) is 11.2. The Morgan fingerprint density at radius 2 is 2.15 bits per heavy atom. The van der Waals surface area contributed by atoms with E-state index in [0.717, 1.165) is 6.42 Å². The first-order valence-corrected chi connectivity index (χ1v) is 3.98. The Morgan fingerprint density at radius 3 is 2.62 bits per heavy atom. The summed E-state index contributed by atoms with van der Waals surface area (Å²) in [5.74, 6) is -0.0627. The quantitative estimate of drug-likeness (QED) is 0.376. The van der Waals surface area contributed by atoms with Crippen LogP contribution in [0.15, 0.2) is 10.2 Å². The SMILES string of the molecule is CC(C)(C=NN=C(N)N)CCC#N. The number of rotatable bonds is 4. The van der Waals surface area contributed by atoms with Gasteiger partial charge in [-0.2, -0.15) is 10.4 Å². The third-order valence-corrected chi connectivity index (χ3v) is 1.46. The molecule has 4 N–H and O–H groups in total. The van der Waals surface area contributed by atoms with E-state index in [9.17, 15) is 0 Å². The predicted molar refractivity (Wildman–Crippen MR) is 52.9 cm³/mol. The summed E-state index contributed by atoms with van der Waals surface area (Å²) >= 11 is 0. The number of hydrogen-bond acceptors (Lipinski definition) is 3. The fourth-order valence-corrected chi connectivity index (χ4v) is 0.694. The summed E-state index contributed by atoms with van der Waals surface area (Å²) in [6.07, 6.45) is 2.89. The molecule has 0 radical (unpaired) electrons. The highest BCUT2D eigenvalue weighted by Crippen LogP contribution is 2.18. The molecule has 0 atom stereocenters. The summed E-state index contributed by atoms with van der Waals surface area (Å²) in [4.78, 5) is 0. The van der Waals surface area contributed by atoms with Crippen LogP contribution in [0.25, 0.3) is 0 Å². The number of nitrogens with two attached hydrogens (primary N) is 2. The van der Waals surface area contributed by atoms with Crippen molar-refractivity contribution in [3.05, 3.63) is 0 Å². The Labute approximate surface area is 78.1 Å². The van der Waals surface area contributed by atoms with E-state index in [0.29, 0.717) is 6.42 Å². The summed E-state index contributed by atoms with van der Waals surface area (Å²) in [7, 11) is 0. The van der Waals surface area contributed by atoms with Crippen LogP contribution in [0.5, 0.6) is 0 Å². The fourth-order valence-electron chi connectivity index (χ4n) is 0.694. The molecular formula is C8H15N5. The second-order valence-corrected chi connectivity index (χ2v) is 3.42. The highest BCUT2D eigenvalue weighted by atomic mass is 15.3. The van der Waals surface area contributed by atoms with Gasteiger partial charge < -0.3 is 11.5 Å². The van der Waals surface area contributed by atoms with Crippen molar-refractivity contribution < 1.29 is 0 Å². The lowest BCUT2D eigenvalue weighted by molar-refractivity contribution is 0.494. The van der Waals surface area contributed by atoms with Gasteiger partial charge in [-0.1, -0.05) is 13.8 Å². The number of hydrogen-bond donors (Lipinski definition) is 2. The van der Waals surface area contributed by atoms with Crippen LogP contribution in [0.1, 0.15) is 26.7 Å². The number of nitrogens with zero attached hydrogens (tertiary/aromatic N) is 3. The third-order valence-electron chi connectivity index (χ3n) is 1.46. The molecule has 72 valence electrons. The molecule has 0 amide bonds. The average Bonchev–Trinajstić information content (AvgIpc) is 2.00. The van der Waals surface area contributed by atoms with Gasteiger partial charge in [-0.05, 0) is 6.42 Å². The van der Waals surface area contributed by atoms with Crippen LogP contribution in [-0.4, -0.2) is 12.2 Å². The van der Waals surface area contributed by atoms with Crippen LogP contribution in [0.3, 0.4) is 0 Å². The standard InChI is InChI=1S/C8H15N5/c1-8(2,4-3-5-9)6-12-13-7(10)11/h6H,3-4H2,1-2H3,(H4,10,11,13). The van der Waals surface area contributed by atoms with Gasteiger partial charge in [0.1, 0.15) is 0 Å². The maximum absolute atomic E-state index is 8.38. The molecule has 13 heavy (non-hydrogen) atoms. The van der Waals surface area contributed by atoms with Crippen LogP contribution in [0.2, 0.25) is 0 Å². The first-order valence-electron chi connectivity index (χ1n) is 3.98. The monoisotopic (exact) mass is 181 g/mol. The number of nitriles is 1. The Morgan fingerprint density at radius 1 is 1.54 bits per heavy atom. The van der Waals surface area contributed by atoms with Crippen molar-refractivity contribution in [2.45, 2.75) is 26.7 Å². The maximum Gasteiger partial charge on any atom is 0.211 e. The predicted octanol–water partition coefficient (Wildman–Crippen LogP) is 0.576. The van der Waals surface area contributed by atoms with E-state index in [1.165, 1.54) is 0 Å². The lowest BCUT2D eigenvalue weighted by Gasteiger charge is -2.15. The van der Waals surface area contributed by atoms with Gasteiger partial charge in [-0.3, -0.25) is 0 Å². The van der Waals surface area contributed by atoms with Crippen LogP contribution in [-0.2, 0) is 0 Å². The molecule has 0 aliphatic carbocycles. The van der Waals surface area contributed by atoms with E-state index >= 15 is 0 Å². The first kappa shape index (κ1) is 11.4. The van der Waals surface area contributed by atoms with E-state index in [1.54, 1.807) is 6.21 Å². The van der Waals surface area contributed by atoms with Gasteiger partial charge in [-0.15, -0.1) is 5.10 Å². The molecule has 0 saturated carbocycles. The van der Waals surface area contributed by atoms with E-state index in [-0.39, 0.29) is 11.4 Å². The van der Waals surface area contributed by atoms with Gasteiger partial charge >= 0.3 is 0 Å². The smallest absolute Gasteiger partial charge is 0.211 e. The zero-order chi connectivity index (χ0) is 10.3. The number of guanidine groups is 1. The fraction of sp³-hybridized carbons (Fsp3) is 0.625. The molecular weight excluding hydrogens is 166 g/mol. The molecule has 0 aliphatic heterocycles. The second kappa shape index (κ2) is 5.14.